The molecule has 8 heteroatoms. The second-order valence-corrected chi connectivity index (χ2v) is 10.2. The molecular formula is C28H22N2O5S. The first-order chi connectivity index (χ1) is 17.4. The van der Waals surface area contributed by atoms with Crippen molar-refractivity contribution in [1.82, 2.24) is 4.31 Å². The Bertz CT molecular complexity index is 1520. The largest absolute Gasteiger partial charge is 0.478 e. The van der Waals surface area contributed by atoms with Gasteiger partial charge in [-0.25, -0.2) is 22.3 Å². The minimum atomic E-state index is -4.06. The van der Waals surface area contributed by atoms with Crippen molar-refractivity contribution in [2.45, 2.75) is 10.9 Å². The van der Waals surface area contributed by atoms with Gasteiger partial charge in [-0.2, -0.15) is 0 Å². The number of hydrogen-bond donors (Lipinski definition) is 1. The molecular weight excluding hydrogens is 476 g/mol. The lowest BCUT2D eigenvalue weighted by Crippen LogP contribution is -2.36. The van der Waals surface area contributed by atoms with Gasteiger partial charge >= 0.3 is 12.0 Å². The maximum Gasteiger partial charge on any atom is 0.339 e. The molecule has 2 amide bonds. The summed E-state index contributed by atoms with van der Waals surface area (Å²) in [5.74, 6) is -1.00. The van der Waals surface area contributed by atoms with Crippen LogP contribution in [-0.2, 0) is 10.0 Å². The van der Waals surface area contributed by atoms with Crippen LogP contribution < -0.4 is 4.90 Å². The van der Waals surface area contributed by atoms with E-state index in [1.54, 1.807) is 54.6 Å². The molecule has 4 aromatic rings. The Morgan fingerprint density at radius 3 is 2.06 bits per heavy atom. The van der Waals surface area contributed by atoms with Crippen LogP contribution >= 0.6 is 0 Å². The van der Waals surface area contributed by atoms with Crippen molar-refractivity contribution in [3.05, 3.63) is 120 Å². The van der Waals surface area contributed by atoms with Crippen molar-refractivity contribution in [1.29, 1.82) is 0 Å². The van der Waals surface area contributed by atoms with Gasteiger partial charge in [0, 0.05) is 5.69 Å². The topological polar surface area (TPSA) is 95.0 Å². The first-order valence-electron chi connectivity index (χ1n) is 11.3. The average molecular weight is 499 g/mol. The molecule has 1 N–H and O–H groups in total. The molecule has 5 rings (SSSR count). The van der Waals surface area contributed by atoms with E-state index in [9.17, 15) is 23.1 Å². The highest BCUT2D eigenvalue weighted by Crippen LogP contribution is 2.38. The van der Waals surface area contributed by atoms with E-state index in [1.165, 1.54) is 29.2 Å². The molecule has 1 heterocycles. The van der Waals surface area contributed by atoms with Crippen LogP contribution in [0.1, 0.15) is 22.0 Å². The van der Waals surface area contributed by atoms with E-state index in [-0.39, 0.29) is 17.0 Å². The van der Waals surface area contributed by atoms with Crippen LogP contribution in [0.4, 0.5) is 10.5 Å². The summed E-state index contributed by atoms with van der Waals surface area (Å²) in [5.41, 5.74) is 3.18. The standard InChI is InChI=1S/C28H22N2O5S/c31-27(32)21-16-14-20(15-17-21)22-8-7-9-23(18-22)26-19-29(36(34,35)25-12-5-2-6-13-25)28(33)30(26)24-10-3-1-4-11-24/h1-18,26H,19H2,(H,31,32). The van der Waals surface area contributed by atoms with Gasteiger partial charge in [0.25, 0.3) is 10.0 Å². The zero-order valence-corrected chi connectivity index (χ0v) is 19.9. The highest BCUT2D eigenvalue weighted by molar-refractivity contribution is 7.89. The van der Waals surface area contributed by atoms with Gasteiger partial charge in [-0.15, -0.1) is 0 Å². The Labute approximate surface area is 208 Å². The Morgan fingerprint density at radius 1 is 0.778 bits per heavy atom. The highest BCUT2D eigenvalue weighted by Gasteiger charge is 2.45. The molecule has 0 aliphatic carbocycles. The number of sulfonamides is 1. The number of anilines is 1. The fourth-order valence-electron chi connectivity index (χ4n) is 4.36. The fourth-order valence-corrected chi connectivity index (χ4v) is 5.74. The lowest BCUT2D eigenvalue weighted by molar-refractivity contribution is 0.0697. The molecule has 7 nitrogen and oxygen atoms in total. The molecule has 4 aromatic carbocycles. The zero-order valence-electron chi connectivity index (χ0n) is 19.1. The number of carboxylic acids is 1. The van der Waals surface area contributed by atoms with Crippen molar-refractivity contribution >= 4 is 27.7 Å². The summed E-state index contributed by atoms with van der Waals surface area (Å²) in [6.07, 6.45) is 0. The first kappa shape index (κ1) is 23.3. The summed E-state index contributed by atoms with van der Waals surface area (Å²) in [6, 6.07) is 29.8. The van der Waals surface area contributed by atoms with Crippen LogP contribution in [0.5, 0.6) is 0 Å². The molecule has 0 radical (unpaired) electrons. The van der Waals surface area contributed by atoms with Crippen molar-refractivity contribution < 1.29 is 23.1 Å². The lowest BCUT2D eigenvalue weighted by atomic mass is 9.98. The van der Waals surface area contributed by atoms with Crippen molar-refractivity contribution in [2.75, 3.05) is 11.4 Å². The minimum Gasteiger partial charge on any atom is -0.478 e. The molecule has 1 atom stereocenters. The average Bonchev–Trinajstić information content (AvgIpc) is 3.27. The van der Waals surface area contributed by atoms with Crippen LogP contribution in [0.3, 0.4) is 0 Å². The minimum absolute atomic E-state index is 0.0492. The van der Waals surface area contributed by atoms with E-state index >= 15 is 0 Å². The number of aromatic carboxylic acids is 1. The normalized spacial score (nSPS) is 15.8. The molecule has 180 valence electrons. The Balaban J connectivity index is 1.56. The number of amides is 2. The van der Waals surface area contributed by atoms with Gasteiger partial charge in [0.15, 0.2) is 0 Å². The number of rotatable bonds is 6. The van der Waals surface area contributed by atoms with Crippen LogP contribution in [0, 0.1) is 0 Å². The molecule has 0 saturated carbocycles. The predicted molar refractivity (Wildman–Crippen MR) is 136 cm³/mol. The zero-order chi connectivity index (χ0) is 25.3. The summed E-state index contributed by atoms with van der Waals surface area (Å²) >= 11 is 0. The van der Waals surface area contributed by atoms with Gasteiger partial charge in [-0.05, 0) is 59.2 Å². The quantitative estimate of drug-likeness (QED) is 0.383. The highest BCUT2D eigenvalue weighted by atomic mass is 32.2. The van der Waals surface area contributed by atoms with E-state index in [4.69, 9.17) is 0 Å². The summed E-state index contributed by atoms with van der Waals surface area (Å²) in [7, 11) is -4.06. The van der Waals surface area contributed by atoms with E-state index < -0.39 is 28.1 Å². The van der Waals surface area contributed by atoms with Gasteiger partial charge < -0.3 is 5.11 Å². The molecule has 36 heavy (non-hydrogen) atoms. The summed E-state index contributed by atoms with van der Waals surface area (Å²) in [5, 5.41) is 9.18. The summed E-state index contributed by atoms with van der Waals surface area (Å²) < 4.78 is 27.7. The number of carbonyl (C=O) groups is 2. The molecule has 1 aliphatic rings. The third-order valence-corrected chi connectivity index (χ3v) is 7.93. The van der Waals surface area contributed by atoms with Gasteiger partial charge in [-0.1, -0.05) is 66.7 Å². The second-order valence-electron chi connectivity index (χ2n) is 8.36. The van der Waals surface area contributed by atoms with E-state index in [0.717, 1.165) is 21.0 Å². The summed E-state index contributed by atoms with van der Waals surface area (Å²) in [6.45, 7) is -0.0492. The van der Waals surface area contributed by atoms with Crippen LogP contribution in [0.2, 0.25) is 0 Å². The molecule has 1 unspecified atom stereocenters. The maximum absolute atomic E-state index is 13.6. The monoisotopic (exact) mass is 498 g/mol. The van der Waals surface area contributed by atoms with Crippen LogP contribution in [0.15, 0.2) is 114 Å². The van der Waals surface area contributed by atoms with Gasteiger partial charge in [0.2, 0.25) is 0 Å². The molecule has 0 spiro atoms. The van der Waals surface area contributed by atoms with Crippen LogP contribution in [0.25, 0.3) is 11.1 Å². The number of carbonyl (C=O) groups excluding carboxylic acids is 1. The van der Waals surface area contributed by atoms with Gasteiger partial charge in [-0.3, -0.25) is 4.90 Å². The third kappa shape index (κ3) is 4.23. The SMILES string of the molecule is O=C(O)c1ccc(-c2cccc(C3CN(S(=O)(=O)c4ccccc4)C(=O)N3c3ccccc3)c2)cc1. The van der Waals surface area contributed by atoms with E-state index in [1.807, 2.05) is 30.3 Å². The number of nitrogens with zero attached hydrogens (tertiary/aromatic N) is 2. The van der Waals surface area contributed by atoms with Crippen molar-refractivity contribution in [2.24, 2.45) is 0 Å². The number of para-hydroxylation sites is 1. The van der Waals surface area contributed by atoms with Crippen molar-refractivity contribution in [3.8, 4) is 11.1 Å². The number of benzene rings is 4. The second kappa shape index (κ2) is 9.31. The molecule has 1 fully saturated rings. The van der Waals surface area contributed by atoms with E-state index in [2.05, 4.69) is 0 Å². The molecule has 0 bridgehead atoms. The van der Waals surface area contributed by atoms with Gasteiger partial charge in [0.1, 0.15) is 0 Å². The third-order valence-electron chi connectivity index (χ3n) is 6.17. The molecule has 0 aromatic heterocycles. The number of urea groups is 1. The summed E-state index contributed by atoms with van der Waals surface area (Å²) in [4.78, 5) is 26.3. The Hall–Kier alpha value is -4.43. The van der Waals surface area contributed by atoms with Crippen LogP contribution in [-0.4, -0.2) is 36.4 Å². The predicted octanol–water partition coefficient (Wildman–Crippen LogP) is 5.42. The smallest absolute Gasteiger partial charge is 0.339 e. The Morgan fingerprint density at radius 2 is 1.42 bits per heavy atom. The lowest BCUT2D eigenvalue weighted by Gasteiger charge is -2.24. The van der Waals surface area contributed by atoms with E-state index in [0.29, 0.717) is 5.69 Å². The van der Waals surface area contributed by atoms with Crippen molar-refractivity contribution in [3.63, 3.8) is 0 Å². The molecule has 1 aliphatic heterocycles. The number of hydrogen-bond acceptors (Lipinski definition) is 4. The van der Waals surface area contributed by atoms with Gasteiger partial charge in [0.05, 0.1) is 23.0 Å². The number of carboxylic acid groups (broad SMARTS) is 1. The fraction of sp³-hybridized carbons (Fsp3) is 0.0714. The molecule has 1 saturated heterocycles. The maximum atomic E-state index is 13.6. The Kier molecular flexibility index (Phi) is 6.03. The first-order valence-corrected chi connectivity index (χ1v) is 12.7.